The fourth-order valence-electron chi connectivity index (χ4n) is 0.937. The minimum Gasteiger partial charge on any atom is -0.361 e. The Labute approximate surface area is 70.7 Å². The first-order valence-electron chi connectivity index (χ1n) is 3.31. The molecule has 0 fully saturated rings. The summed E-state index contributed by atoms with van der Waals surface area (Å²) < 4.78 is 75.7. The van der Waals surface area contributed by atoms with Gasteiger partial charge >= 0.3 is 12.4 Å². The van der Waals surface area contributed by atoms with E-state index in [1.54, 1.807) is 0 Å². The third-order valence-corrected chi connectivity index (χ3v) is 1.76. The van der Waals surface area contributed by atoms with Crippen LogP contribution < -0.4 is 0 Å². The van der Waals surface area contributed by atoms with Crippen LogP contribution in [0.25, 0.3) is 0 Å². The Morgan fingerprint density at radius 2 is 1.23 bits per heavy atom. The van der Waals surface area contributed by atoms with Crippen LogP contribution in [0.5, 0.6) is 0 Å². The van der Waals surface area contributed by atoms with Gasteiger partial charge in [-0.3, -0.25) is 0 Å². The van der Waals surface area contributed by atoms with Crippen LogP contribution in [-0.2, 0) is 4.74 Å². The molecule has 0 amide bonds. The monoisotopic (exact) mass is 210 g/mol. The lowest BCUT2D eigenvalue weighted by Crippen LogP contribution is -2.57. The van der Waals surface area contributed by atoms with Crippen molar-refractivity contribution in [3.8, 4) is 0 Å². The van der Waals surface area contributed by atoms with Gasteiger partial charge in [0.25, 0.3) is 5.60 Å². The van der Waals surface area contributed by atoms with E-state index in [0.29, 0.717) is 7.11 Å². The van der Waals surface area contributed by atoms with Crippen molar-refractivity contribution in [3.63, 3.8) is 0 Å². The number of ether oxygens (including phenoxy) is 1. The highest BCUT2D eigenvalue weighted by molar-refractivity contribution is 4.94. The Balaban J connectivity index is 5.17. The van der Waals surface area contributed by atoms with Crippen molar-refractivity contribution in [1.29, 1.82) is 0 Å². The lowest BCUT2D eigenvalue weighted by Gasteiger charge is -2.34. The smallest absolute Gasteiger partial charge is 0.361 e. The molecule has 80 valence electrons. The van der Waals surface area contributed by atoms with Gasteiger partial charge in [-0.1, -0.05) is 6.92 Å². The lowest BCUT2D eigenvalue weighted by molar-refractivity contribution is -0.375. The van der Waals surface area contributed by atoms with E-state index < -0.39 is 24.4 Å². The molecule has 0 aromatic heterocycles. The lowest BCUT2D eigenvalue weighted by atomic mass is 9.99. The molecule has 0 spiro atoms. The molecule has 0 aliphatic carbocycles. The molecular formula is C6H8F6O. The number of hydrogen-bond acceptors (Lipinski definition) is 1. The second kappa shape index (κ2) is 3.36. The van der Waals surface area contributed by atoms with Gasteiger partial charge in [-0.2, -0.15) is 26.3 Å². The summed E-state index contributed by atoms with van der Waals surface area (Å²) in [6.45, 7) is 0.768. The molecule has 0 rings (SSSR count). The van der Waals surface area contributed by atoms with Gasteiger partial charge < -0.3 is 4.74 Å². The highest BCUT2D eigenvalue weighted by Crippen LogP contribution is 2.47. The van der Waals surface area contributed by atoms with Gasteiger partial charge in [-0.05, 0) is 6.42 Å². The maximum atomic E-state index is 12.0. The molecule has 0 atom stereocenters. The largest absolute Gasteiger partial charge is 0.426 e. The fourth-order valence-corrected chi connectivity index (χ4v) is 0.937. The van der Waals surface area contributed by atoms with Crippen LogP contribution in [0, 0.1) is 0 Å². The van der Waals surface area contributed by atoms with E-state index >= 15 is 0 Å². The maximum absolute atomic E-state index is 12.0. The summed E-state index contributed by atoms with van der Waals surface area (Å²) in [7, 11) is 0.393. The summed E-state index contributed by atoms with van der Waals surface area (Å²) in [6, 6.07) is 0. The van der Waals surface area contributed by atoms with E-state index in [0.717, 1.165) is 6.92 Å². The molecule has 0 aromatic rings. The summed E-state index contributed by atoms with van der Waals surface area (Å²) >= 11 is 0. The Hall–Kier alpha value is -0.460. The van der Waals surface area contributed by atoms with Gasteiger partial charge in [0.1, 0.15) is 0 Å². The third kappa shape index (κ3) is 1.90. The predicted molar refractivity (Wildman–Crippen MR) is 32.1 cm³/mol. The topological polar surface area (TPSA) is 9.23 Å². The first kappa shape index (κ1) is 12.5. The van der Waals surface area contributed by atoms with E-state index in [1.165, 1.54) is 0 Å². The van der Waals surface area contributed by atoms with Gasteiger partial charge in [0.05, 0.1) is 0 Å². The first-order chi connectivity index (χ1) is 5.62. The molecule has 0 bridgehead atoms. The number of methoxy groups -OCH3 is 1. The zero-order chi connectivity index (χ0) is 10.9. The molecule has 0 heterocycles. The third-order valence-electron chi connectivity index (χ3n) is 1.76. The molecule has 1 nitrogen and oxygen atoms in total. The van der Waals surface area contributed by atoms with Gasteiger partial charge in [-0.25, -0.2) is 0 Å². The number of halogens is 6. The van der Waals surface area contributed by atoms with Crippen LogP contribution >= 0.6 is 0 Å². The summed E-state index contributed by atoms with van der Waals surface area (Å²) in [4.78, 5) is 0. The molecule has 0 saturated heterocycles. The van der Waals surface area contributed by atoms with Gasteiger partial charge in [-0.15, -0.1) is 0 Å². The number of hydrogen-bond donors (Lipinski definition) is 0. The number of rotatable bonds is 2. The molecule has 0 radical (unpaired) electrons. The minimum absolute atomic E-state index is 0.393. The summed E-state index contributed by atoms with van der Waals surface area (Å²) in [5.41, 5.74) is -4.04. The number of alkyl halides is 6. The second-order valence-corrected chi connectivity index (χ2v) is 2.38. The van der Waals surface area contributed by atoms with E-state index in [-0.39, 0.29) is 0 Å². The van der Waals surface area contributed by atoms with E-state index in [1.807, 2.05) is 0 Å². The standard InChI is InChI=1S/C6H8F6O/c1-3-4(13-2,5(7,8)9)6(10,11)12/h3H2,1-2H3. The van der Waals surface area contributed by atoms with Crippen LogP contribution in [0.2, 0.25) is 0 Å². The van der Waals surface area contributed by atoms with E-state index in [2.05, 4.69) is 4.74 Å². The highest BCUT2D eigenvalue weighted by Gasteiger charge is 2.70. The molecule has 0 aliphatic rings. The summed E-state index contributed by atoms with van der Waals surface area (Å²) in [5, 5.41) is 0. The van der Waals surface area contributed by atoms with Crippen LogP contribution in [-0.4, -0.2) is 25.1 Å². The van der Waals surface area contributed by atoms with Crippen molar-refractivity contribution in [3.05, 3.63) is 0 Å². The van der Waals surface area contributed by atoms with Gasteiger partial charge in [0.2, 0.25) is 0 Å². The average Bonchev–Trinajstić information content (AvgIpc) is 1.84. The Kier molecular flexibility index (Phi) is 3.24. The molecule has 7 heteroatoms. The second-order valence-electron chi connectivity index (χ2n) is 2.38. The Morgan fingerprint density at radius 3 is 1.23 bits per heavy atom. The molecule has 13 heavy (non-hydrogen) atoms. The van der Waals surface area contributed by atoms with Crippen LogP contribution in [0.4, 0.5) is 26.3 Å². The molecular weight excluding hydrogens is 202 g/mol. The van der Waals surface area contributed by atoms with Crippen molar-refractivity contribution in [2.75, 3.05) is 7.11 Å². The van der Waals surface area contributed by atoms with Crippen LogP contribution in [0.1, 0.15) is 13.3 Å². The summed E-state index contributed by atoms with van der Waals surface area (Å²) in [6.07, 6.45) is -12.1. The van der Waals surface area contributed by atoms with Crippen molar-refractivity contribution in [2.45, 2.75) is 31.3 Å². The summed E-state index contributed by atoms with van der Waals surface area (Å²) in [5.74, 6) is 0. The van der Waals surface area contributed by atoms with Crippen molar-refractivity contribution in [1.82, 2.24) is 0 Å². The quantitative estimate of drug-likeness (QED) is 0.636. The SMILES string of the molecule is CCC(OC)(C(F)(F)F)C(F)(F)F. The maximum Gasteiger partial charge on any atom is 0.426 e. The van der Waals surface area contributed by atoms with E-state index in [4.69, 9.17) is 0 Å². The van der Waals surface area contributed by atoms with Gasteiger partial charge in [0.15, 0.2) is 0 Å². The van der Waals surface area contributed by atoms with Crippen molar-refractivity contribution in [2.24, 2.45) is 0 Å². The normalized spacial score (nSPS) is 14.8. The molecule has 0 N–H and O–H groups in total. The Morgan fingerprint density at radius 1 is 0.923 bits per heavy atom. The van der Waals surface area contributed by atoms with E-state index in [9.17, 15) is 26.3 Å². The fraction of sp³-hybridized carbons (Fsp3) is 1.00. The first-order valence-corrected chi connectivity index (χ1v) is 3.31. The van der Waals surface area contributed by atoms with Crippen molar-refractivity contribution < 1.29 is 31.1 Å². The van der Waals surface area contributed by atoms with Crippen LogP contribution in [0.15, 0.2) is 0 Å². The average molecular weight is 210 g/mol. The highest BCUT2D eigenvalue weighted by atomic mass is 19.4. The minimum atomic E-state index is -5.45. The van der Waals surface area contributed by atoms with Gasteiger partial charge in [0, 0.05) is 7.11 Å². The predicted octanol–water partition coefficient (Wildman–Crippen LogP) is 2.91. The van der Waals surface area contributed by atoms with Crippen LogP contribution in [0.3, 0.4) is 0 Å². The zero-order valence-electron chi connectivity index (χ0n) is 6.88. The molecule has 0 saturated carbocycles. The molecule has 0 aliphatic heterocycles. The Bertz CT molecular complexity index is 149. The molecule has 0 aromatic carbocycles. The van der Waals surface area contributed by atoms with Crippen molar-refractivity contribution >= 4 is 0 Å². The molecule has 0 unspecified atom stereocenters. The zero-order valence-corrected chi connectivity index (χ0v) is 6.88.